The Hall–Kier alpha value is -1.62. The van der Waals surface area contributed by atoms with Crippen LogP contribution in [-0.4, -0.2) is 34.9 Å². The van der Waals surface area contributed by atoms with Crippen molar-refractivity contribution in [2.75, 3.05) is 0 Å². The number of carbonyl (C=O) groups excluding carboxylic acids is 2. The van der Waals surface area contributed by atoms with E-state index in [-0.39, 0.29) is 35.7 Å². The highest BCUT2D eigenvalue weighted by molar-refractivity contribution is 5.87. The van der Waals surface area contributed by atoms with E-state index in [1.54, 1.807) is 19.9 Å². The van der Waals surface area contributed by atoms with Crippen molar-refractivity contribution in [3.63, 3.8) is 0 Å². The Morgan fingerprint density at radius 1 is 1.48 bits per heavy atom. The molecular weight excluding hydrogens is 320 g/mol. The van der Waals surface area contributed by atoms with Crippen molar-refractivity contribution in [3.05, 3.63) is 23.3 Å². The van der Waals surface area contributed by atoms with Gasteiger partial charge in [-0.2, -0.15) is 0 Å². The lowest BCUT2D eigenvalue weighted by molar-refractivity contribution is -0.152. The molecule has 0 radical (unpaired) electrons. The molecule has 138 valence electrons. The van der Waals surface area contributed by atoms with Crippen molar-refractivity contribution in [1.82, 2.24) is 0 Å². The van der Waals surface area contributed by atoms with E-state index in [1.807, 2.05) is 20.8 Å². The van der Waals surface area contributed by atoms with Gasteiger partial charge in [0.1, 0.15) is 12.2 Å². The maximum Gasteiger partial charge on any atom is 0.333 e. The first-order chi connectivity index (χ1) is 11.7. The third-order valence-corrected chi connectivity index (χ3v) is 6.44. The molecule has 7 atom stereocenters. The van der Waals surface area contributed by atoms with E-state index >= 15 is 0 Å². The van der Waals surface area contributed by atoms with Gasteiger partial charge in [-0.05, 0) is 34.1 Å². The Balaban J connectivity index is 1.99. The number of hydrogen-bond donors (Lipinski definition) is 1. The molecule has 1 saturated carbocycles. The molecule has 1 heterocycles. The van der Waals surface area contributed by atoms with E-state index < -0.39 is 17.7 Å². The van der Waals surface area contributed by atoms with Crippen LogP contribution in [0.4, 0.5) is 0 Å². The van der Waals surface area contributed by atoms with Crippen LogP contribution in [0, 0.1) is 23.7 Å². The number of allylic oxidation sites excluding steroid dienone is 2. The standard InChI is InChI=1S/C20H28O5/c1-6-10(2)18(21)24-14-9-20(5,23)13-8-7-11(3)15(13)17-16(14)12(4)19(22)25-17/h6-7,12-17,23H,8-9H2,1-5H3/b10-6+/t12-,13-,14-,15+,16-,17-,20-/m0/s1. The molecule has 1 saturated heterocycles. The summed E-state index contributed by atoms with van der Waals surface area (Å²) in [6, 6.07) is 0. The predicted molar refractivity (Wildman–Crippen MR) is 92.4 cm³/mol. The molecule has 3 aliphatic rings. The molecule has 3 rings (SSSR count). The third-order valence-electron chi connectivity index (χ3n) is 6.44. The molecule has 0 bridgehead atoms. The molecule has 2 aliphatic carbocycles. The molecule has 2 fully saturated rings. The van der Waals surface area contributed by atoms with Gasteiger partial charge in [0.25, 0.3) is 0 Å². The summed E-state index contributed by atoms with van der Waals surface area (Å²) < 4.78 is 11.5. The SMILES string of the molecule is C/C=C(\C)C(=O)O[C@H]1C[C@](C)(O)[C@H]2CC=C(C)[C@H]2[C@@H]2OC(=O)[C@@H](C)[C@H]21. The second-order valence-electron chi connectivity index (χ2n) is 8.06. The summed E-state index contributed by atoms with van der Waals surface area (Å²) in [5.74, 6) is -1.25. The van der Waals surface area contributed by atoms with Crippen LogP contribution >= 0.6 is 0 Å². The highest BCUT2D eigenvalue weighted by atomic mass is 16.6. The maximum absolute atomic E-state index is 12.3. The predicted octanol–water partition coefficient (Wildman–Crippen LogP) is 2.78. The van der Waals surface area contributed by atoms with Gasteiger partial charge in [0, 0.05) is 29.7 Å². The second-order valence-corrected chi connectivity index (χ2v) is 8.06. The van der Waals surface area contributed by atoms with Crippen molar-refractivity contribution in [3.8, 4) is 0 Å². The smallest absolute Gasteiger partial charge is 0.333 e. The Morgan fingerprint density at radius 3 is 2.80 bits per heavy atom. The number of fused-ring (bicyclic) bond motifs is 3. The van der Waals surface area contributed by atoms with Crippen molar-refractivity contribution >= 4 is 11.9 Å². The number of esters is 2. The van der Waals surface area contributed by atoms with Crippen LogP contribution in [-0.2, 0) is 19.1 Å². The summed E-state index contributed by atoms with van der Waals surface area (Å²) in [4.78, 5) is 24.6. The summed E-state index contributed by atoms with van der Waals surface area (Å²) in [7, 11) is 0. The molecule has 5 heteroatoms. The number of hydrogen-bond acceptors (Lipinski definition) is 5. The summed E-state index contributed by atoms with van der Waals surface area (Å²) in [5.41, 5.74) is 0.692. The Kier molecular flexibility index (Phi) is 4.56. The fourth-order valence-corrected chi connectivity index (χ4v) is 4.81. The first kappa shape index (κ1) is 18.2. The summed E-state index contributed by atoms with van der Waals surface area (Å²) >= 11 is 0. The van der Waals surface area contributed by atoms with Gasteiger partial charge >= 0.3 is 11.9 Å². The normalized spacial score (nSPS) is 43.7. The Labute approximate surface area is 149 Å². The monoisotopic (exact) mass is 348 g/mol. The van der Waals surface area contributed by atoms with E-state index in [0.29, 0.717) is 12.0 Å². The molecule has 1 aliphatic heterocycles. The number of ether oxygens (including phenoxy) is 2. The Morgan fingerprint density at radius 2 is 2.16 bits per heavy atom. The zero-order chi connectivity index (χ0) is 18.5. The van der Waals surface area contributed by atoms with E-state index in [9.17, 15) is 14.7 Å². The van der Waals surface area contributed by atoms with Gasteiger partial charge in [-0.25, -0.2) is 4.79 Å². The lowest BCUT2D eigenvalue weighted by Gasteiger charge is -2.34. The molecule has 0 spiro atoms. The topological polar surface area (TPSA) is 72.8 Å². The average molecular weight is 348 g/mol. The van der Waals surface area contributed by atoms with Crippen molar-refractivity contribution in [1.29, 1.82) is 0 Å². The molecule has 0 amide bonds. The fraction of sp³-hybridized carbons (Fsp3) is 0.700. The highest BCUT2D eigenvalue weighted by Gasteiger charge is 2.59. The summed E-state index contributed by atoms with van der Waals surface area (Å²) in [5, 5.41) is 11.1. The first-order valence-electron chi connectivity index (χ1n) is 9.10. The van der Waals surface area contributed by atoms with Crippen LogP contribution < -0.4 is 0 Å². The van der Waals surface area contributed by atoms with Gasteiger partial charge in [-0.15, -0.1) is 0 Å². The highest BCUT2D eigenvalue weighted by Crippen LogP contribution is 2.53. The fourth-order valence-electron chi connectivity index (χ4n) is 4.81. The maximum atomic E-state index is 12.3. The first-order valence-corrected chi connectivity index (χ1v) is 9.10. The minimum Gasteiger partial charge on any atom is -0.461 e. The zero-order valence-electron chi connectivity index (χ0n) is 15.6. The van der Waals surface area contributed by atoms with Crippen LogP contribution in [0.25, 0.3) is 0 Å². The molecule has 25 heavy (non-hydrogen) atoms. The van der Waals surface area contributed by atoms with E-state index in [4.69, 9.17) is 9.47 Å². The quantitative estimate of drug-likeness (QED) is 0.472. The lowest BCUT2D eigenvalue weighted by atomic mass is 9.76. The van der Waals surface area contributed by atoms with Crippen LogP contribution in [0.1, 0.15) is 47.5 Å². The molecule has 0 aromatic rings. The second kappa shape index (κ2) is 6.27. The van der Waals surface area contributed by atoms with E-state index in [0.717, 1.165) is 12.0 Å². The van der Waals surface area contributed by atoms with Gasteiger partial charge in [0.15, 0.2) is 0 Å². The minimum atomic E-state index is -0.982. The van der Waals surface area contributed by atoms with Crippen molar-refractivity contribution < 1.29 is 24.2 Å². The third kappa shape index (κ3) is 2.92. The van der Waals surface area contributed by atoms with Crippen molar-refractivity contribution in [2.24, 2.45) is 23.7 Å². The number of aliphatic hydroxyl groups is 1. The largest absolute Gasteiger partial charge is 0.461 e. The van der Waals surface area contributed by atoms with E-state index in [1.165, 1.54) is 0 Å². The molecule has 1 N–H and O–H groups in total. The minimum absolute atomic E-state index is 0.0135. The number of carbonyl (C=O) groups is 2. The molecule has 0 aromatic carbocycles. The molecule has 5 nitrogen and oxygen atoms in total. The molecule has 0 unspecified atom stereocenters. The summed E-state index contributed by atoms with van der Waals surface area (Å²) in [6.45, 7) is 9.17. The van der Waals surface area contributed by atoms with Crippen LogP contribution in [0.15, 0.2) is 23.3 Å². The zero-order valence-corrected chi connectivity index (χ0v) is 15.6. The molecular formula is C20H28O5. The number of rotatable bonds is 2. The summed E-state index contributed by atoms with van der Waals surface area (Å²) in [6.07, 6.45) is 4.03. The van der Waals surface area contributed by atoms with Gasteiger partial charge in [-0.1, -0.05) is 24.6 Å². The van der Waals surface area contributed by atoms with E-state index in [2.05, 4.69) is 6.08 Å². The van der Waals surface area contributed by atoms with Crippen molar-refractivity contribution in [2.45, 2.75) is 65.3 Å². The van der Waals surface area contributed by atoms with Crippen LogP contribution in [0.3, 0.4) is 0 Å². The lowest BCUT2D eigenvalue weighted by Crippen LogP contribution is -2.40. The van der Waals surface area contributed by atoms with Crippen LogP contribution in [0.2, 0.25) is 0 Å². The average Bonchev–Trinajstić information content (AvgIpc) is 3.03. The Bertz CT molecular complexity index is 644. The van der Waals surface area contributed by atoms with Crippen LogP contribution in [0.5, 0.6) is 0 Å². The van der Waals surface area contributed by atoms with Gasteiger partial charge in [-0.3, -0.25) is 4.79 Å². The van der Waals surface area contributed by atoms with Gasteiger partial charge < -0.3 is 14.6 Å². The van der Waals surface area contributed by atoms with Gasteiger partial charge in [0.2, 0.25) is 0 Å². The molecule has 0 aromatic heterocycles. The van der Waals surface area contributed by atoms with Gasteiger partial charge in [0.05, 0.1) is 11.5 Å².